The van der Waals surface area contributed by atoms with Gasteiger partial charge in [-0.05, 0) is 39.8 Å². The summed E-state index contributed by atoms with van der Waals surface area (Å²) in [6.07, 6.45) is 1.63. The first kappa shape index (κ1) is 15.1. The molecule has 2 aromatic heterocycles. The summed E-state index contributed by atoms with van der Waals surface area (Å²) >= 11 is 0. The molecule has 1 atom stereocenters. The van der Waals surface area contributed by atoms with Crippen LogP contribution >= 0.6 is 0 Å². The van der Waals surface area contributed by atoms with Gasteiger partial charge in [-0.15, -0.1) is 0 Å². The molecule has 2 rings (SSSR count). The molecule has 114 valence electrons. The fourth-order valence-electron chi connectivity index (χ4n) is 1.72. The summed E-state index contributed by atoms with van der Waals surface area (Å²) in [6.45, 7) is 8.52. The Kier molecular flexibility index (Phi) is 4.97. The van der Waals surface area contributed by atoms with E-state index in [9.17, 15) is 0 Å². The zero-order valence-corrected chi connectivity index (χ0v) is 12.8. The van der Waals surface area contributed by atoms with Crippen molar-refractivity contribution < 1.29 is 9.15 Å². The van der Waals surface area contributed by atoms with Crippen molar-refractivity contribution in [2.45, 2.75) is 39.8 Å². The minimum Gasteiger partial charge on any atom is -0.467 e. The van der Waals surface area contributed by atoms with Gasteiger partial charge in [0.15, 0.2) is 0 Å². The molecule has 0 spiro atoms. The van der Waals surface area contributed by atoms with Gasteiger partial charge in [0, 0.05) is 6.54 Å². The second-order valence-corrected chi connectivity index (χ2v) is 4.84. The number of ether oxygens (including phenoxy) is 1. The molecule has 0 aliphatic rings. The molecule has 2 heterocycles. The van der Waals surface area contributed by atoms with E-state index in [1.165, 1.54) is 0 Å². The van der Waals surface area contributed by atoms with Crippen molar-refractivity contribution in [1.29, 1.82) is 0 Å². The van der Waals surface area contributed by atoms with Crippen LogP contribution in [0.1, 0.15) is 39.5 Å². The van der Waals surface area contributed by atoms with E-state index in [1.54, 1.807) is 6.26 Å². The molecular formula is C14H21N5O2. The third-order valence-corrected chi connectivity index (χ3v) is 2.61. The number of hydrogen-bond acceptors (Lipinski definition) is 7. The zero-order chi connectivity index (χ0) is 15.2. The van der Waals surface area contributed by atoms with Gasteiger partial charge < -0.3 is 19.8 Å². The third kappa shape index (κ3) is 4.34. The van der Waals surface area contributed by atoms with Crippen molar-refractivity contribution in [3.8, 4) is 6.01 Å². The maximum absolute atomic E-state index is 5.55. The van der Waals surface area contributed by atoms with Gasteiger partial charge in [0.25, 0.3) is 0 Å². The lowest BCUT2D eigenvalue weighted by Gasteiger charge is -2.14. The van der Waals surface area contributed by atoms with Gasteiger partial charge in [0.1, 0.15) is 5.76 Å². The Bertz CT molecular complexity index is 556. The van der Waals surface area contributed by atoms with Gasteiger partial charge in [-0.1, -0.05) is 0 Å². The highest BCUT2D eigenvalue weighted by atomic mass is 16.5. The van der Waals surface area contributed by atoms with Crippen LogP contribution in [-0.2, 0) is 0 Å². The third-order valence-electron chi connectivity index (χ3n) is 2.61. The van der Waals surface area contributed by atoms with Gasteiger partial charge in [0.05, 0.1) is 18.4 Å². The highest BCUT2D eigenvalue weighted by molar-refractivity contribution is 5.37. The molecule has 0 fully saturated rings. The van der Waals surface area contributed by atoms with Crippen LogP contribution in [0.3, 0.4) is 0 Å². The summed E-state index contributed by atoms with van der Waals surface area (Å²) < 4.78 is 10.9. The molecule has 0 aliphatic heterocycles. The summed E-state index contributed by atoms with van der Waals surface area (Å²) in [7, 11) is 0. The molecule has 2 N–H and O–H groups in total. The lowest BCUT2D eigenvalue weighted by atomic mass is 10.2. The van der Waals surface area contributed by atoms with Crippen molar-refractivity contribution >= 4 is 11.9 Å². The summed E-state index contributed by atoms with van der Waals surface area (Å²) in [5, 5.41) is 6.24. The Labute approximate surface area is 124 Å². The number of nitrogens with one attached hydrogen (secondary N) is 2. The fraction of sp³-hybridized carbons (Fsp3) is 0.500. The maximum Gasteiger partial charge on any atom is 0.323 e. The quantitative estimate of drug-likeness (QED) is 0.811. The molecule has 0 saturated heterocycles. The molecule has 21 heavy (non-hydrogen) atoms. The van der Waals surface area contributed by atoms with E-state index in [0.717, 1.165) is 12.3 Å². The molecule has 0 aromatic carbocycles. The van der Waals surface area contributed by atoms with E-state index < -0.39 is 0 Å². The second kappa shape index (κ2) is 6.92. The Balaban J connectivity index is 2.18. The number of anilines is 2. The van der Waals surface area contributed by atoms with Gasteiger partial charge in [-0.2, -0.15) is 15.0 Å². The van der Waals surface area contributed by atoms with E-state index >= 15 is 0 Å². The van der Waals surface area contributed by atoms with Crippen molar-refractivity contribution in [2.75, 3.05) is 17.2 Å². The number of furan rings is 1. The highest BCUT2D eigenvalue weighted by Crippen LogP contribution is 2.19. The van der Waals surface area contributed by atoms with Crippen molar-refractivity contribution in [3.05, 3.63) is 24.2 Å². The van der Waals surface area contributed by atoms with Gasteiger partial charge >= 0.3 is 6.01 Å². The molecule has 2 aromatic rings. The van der Waals surface area contributed by atoms with Crippen molar-refractivity contribution in [3.63, 3.8) is 0 Å². The summed E-state index contributed by atoms with van der Waals surface area (Å²) in [4.78, 5) is 12.8. The molecule has 7 heteroatoms. The van der Waals surface area contributed by atoms with Crippen LogP contribution in [0.25, 0.3) is 0 Å². The molecule has 7 nitrogen and oxygen atoms in total. The molecule has 0 bridgehead atoms. The SMILES string of the molecule is CCNc1nc(NC(C)c2ccco2)nc(OC(C)C)n1. The van der Waals surface area contributed by atoms with Crippen molar-refractivity contribution in [1.82, 2.24) is 15.0 Å². The lowest BCUT2D eigenvalue weighted by molar-refractivity contribution is 0.222. The number of nitrogens with zero attached hydrogens (tertiary/aromatic N) is 3. The summed E-state index contributed by atoms with van der Waals surface area (Å²) in [5.74, 6) is 1.74. The average molecular weight is 291 g/mol. The van der Waals surface area contributed by atoms with Crippen LogP contribution in [0, 0.1) is 0 Å². The predicted octanol–water partition coefficient (Wildman–Crippen LogP) is 2.86. The minimum absolute atomic E-state index is 0.00257. The van der Waals surface area contributed by atoms with E-state index in [0.29, 0.717) is 17.9 Å². The van der Waals surface area contributed by atoms with Gasteiger partial charge in [0.2, 0.25) is 11.9 Å². The molecule has 0 radical (unpaired) electrons. The van der Waals surface area contributed by atoms with Crippen LogP contribution in [-0.4, -0.2) is 27.6 Å². The molecule has 0 saturated carbocycles. The number of hydrogen-bond donors (Lipinski definition) is 2. The molecule has 1 unspecified atom stereocenters. The zero-order valence-electron chi connectivity index (χ0n) is 12.8. The largest absolute Gasteiger partial charge is 0.467 e. The number of rotatable bonds is 7. The fourth-order valence-corrected chi connectivity index (χ4v) is 1.72. The van der Waals surface area contributed by atoms with Crippen LogP contribution in [0.15, 0.2) is 22.8 Å². The van der Waals surface area contributed by atoms with Gasteiger partial charge in [-0.25, -0.2) is 0 Å². The van der Waals surface area contributed by atoms with E-state index in [1.807, 2.05) is 39.8 Å². The topological polar surface area (TPSA) is 85.1 Å². The smallest absolute Gasteiger partial charge is 0.323 e. The minimum atomic E-state index is -0.0521. The monoisotopic (exact) mass is 291 g/mol. The van der Waals surface area contributed by atoms with Crippen LogP contribution in [0.5, 0.6) is 6.01 Å². The van der Waals surface area contributed by atoms with Crippen LogP contribution in [0.2, 0.25) is 0 Å². The van der Waals surface area contributed by atoms with Crippen LogP contribution in [0.4, 0.5) is 11.9 Å². The predicted molar refractivity (Wildman–Crippen MR) is 80.5 cm³/mol. The number of aromatic nitrogens is 3. The Hall–Kier alpha value is -2.31. The summed E-state index contributed by atoms with van der Waals surface area (Å²) in [6, 6.07) is 3.99. The maximum atomic E-state index is 5.55. The normalized spacial score (nSPS) is 12.2. The van der Waals surface area contributed by atoms with Crippen LogP contribution < -0.4 is 15.4 Å². The Morgan fingerprint density at radius 1 is 1.19 bits per heavy atom. The Morgan fingerprint density at radius 2 is 1.95 bits per heavy atom. The van der Waals surface area contributed by atoms with E-state index in [-0.39, 0.29) is 12.1 Å². The molecule has 0 amide bonds. The Morgan fingerprint density at radius 3 is 2.57 bits per heavy atom. The van der Waals surface area contributed by atoms with E-state index in [2.05, 4.69) is 25.6 Å². The first-order valence-electron chi connectivity index (χ1n) is 7.05. The van der Waals surface area contributed by atoms with Crippen molar-refractivity contribution in [2.24, 2.45) is 0 Å². The molecule has 0 aliphatic carbocycles. The lowest BCUT2D eigenvalue weighted by Crippen LogP contribution is -2.15. The molecular weight excluding hydrogens is 270 g/mol. The first-order chi connectivity index (χ1) is 10.1. The summed E-state index contributed by atoms with van der Waals surface area (Å²) in [5.41, 5.74) is 0. The second-order valence-electron chi connectivity index (χ2n) is 4.84. The van der Waals surface area contributed by atoms with E-state index in [4.69, 9.17) is 9.15 Å². The first-order valence-corrected chi connectivity index (χ1v) is 7.05. The van der Waals surface area contributed by atoms with Gasteiger partial charge in [-0.3, -0.25) is 0 Å². The highest BCUT2D eigenvalue weighted by Gasteiger charge is 2.13. The standard InChI is InChI=1S/C14H21N5O2/c1-5-15-12-17-13(19-14(18-12)21-9(2)3)16-10(4)11-7-6-8-20-11/h6-10H,5H2,1-4H3,(H2,15,16,17,18,19). The average Bonchev–Trinajstić information content (AvgIpc) is 2.91.